The highest BCUT2D eigenvalue weighted by Gasteiger charge is 2.24. The van der Waals surface area contributed by atoms with Crippen molar-refractivity contribution < 1.29 is 13.9 Å². The van der Waals surface area contributed by atoms with Crippen molar-refractivity contribution in [3.8, 4) is 5.75 Å². The third-order valence-corrected chi connectivity index (χ3v) is 4.90. The van der Waals surface area contributed by atoms with Gasteiger partial charge in [0.1, 0.15) is 24.3 Å². The molecule has 122 valence electrons. The number of hydrogen-bond acceptors (Lipinski definition) is 3. The van der Waals surface area contributed by atoms with E-state index in [0.29, 0.717) is 13.2 Å². The van der Waals surface area contributed by atoms with Crippen molar-refractivity contribution in [1.82, 2.24) is 0 Å². The van der Waals surface area contributed by atoms with Crippen molar-refractivity contribution in [2.24, 2.45) is 0 Å². The fourth-order valence-corrected chi connectivity index (χ4v) is 3.02. The highest BCUT2D eigenvalue weighted by Crippen LogP contribution is 2.36. The first-order chi connectivity index (χ1) is 11.1. The minimum absolute atomic E-state index is 0.0121. The van der Waals surface area contributed by atoms with Gasteiger partial charge < -0.3 is 14.4 Å². The number of rotatable bonds is 3. The maximum atomic E-state index is 13.1. The minimum atomic E-state index is -0.220. The summed E-state index contributed by atoms with van der Waals surface area (Å²) in [7, 11) is 1.70. The lowest BCUT2D eigenvalue weighted by molar-refractivity contribution is 0.0673. The Morgan fingerprint density at radius 2 is 2.04 bits per heavy atom. The van der Waals surface area contributed by atoms with E-state index in [-0.39, 0.29) is 11.9 Å². The molecule has 0 saturated heterocycles. The van der Waals surface area contributed by atoms with Gasteiger partial charge in [-0.25, -0.2) is 4.39 Å². The van der Waals surface area contributed by atoms with Crippen LogP contribution in [0.5, 0.6) is 5.75 Å². The molecule has 23 heavy (non-hydrogen) atoms. The topological polar surface area (TPSA) is 21.7 Å². The van der Waals surface area contributed by atoms with Crippen LogP contribution in [0.25, 0.3) is 0 Å². The zero-order valence-corrected chi connectivity index (χ0v) is 14.8. The molecule has 0 aliphatic carbocycles. The number of nitrogens with zero attached hydrogens (tertiary/aromatic N) is 1. The number of aryl methyl sites for hydroxylation is 1. The van der Waals surface area contributed by atoms with Crippen LogP contribution in [0.1, 0.15) is 11.1 Å². The van der Waals surface area contributed by atoms with Crippen molar-refractivity contribution in [2.75, 3.05) is 25.2 Å². The van der Waals surface area contributed by atoms with E-state index < -0.39 is 0 Å². The van der Waals surface area contributed by atoms with Gasteiger partial charge in [-0.1, -0.05) is 28.1 Å². The Hall–Kier alpha value is -1.59. The number of ether oxygens (including phenoxy) is 2. The molecule has 3 nitrogen and oxygen atoms in total. The predicted molar refractivity (Wildman–Crippen MR) is 92.6 cm³/mol. The molecule has 1 heterocycles. The van der Waals surface area contributed by atoms with Crippen molar-refractivity contribution in [2.45, 2.75) is 19.6 Å². The monoisotopic (exact) mass is 379 g/mol. The molecule has 0 N–H and O–H groups in total. The molecule has 1 aliphatic rings. The van der Waals surface area contributed by atoms with Gasteiger partial charge in [0.05, 0.1) is 5.69 Å². The average Bonchev–Trinajstić information content (AvgIpc) is 2.70. The first kappa shape index (κ1) is 16.3. The van der Waals surface area contributed by atoms with Crippen LogP contribution < -0.4 is 9.64 Å². The van der Waals surface area contributed by atoms with Gasteiger partial charge in [0.2, 0.25) is 0 Å². The molecule has 0 bridgehead atoms. The number of anilines is 1. The van der Waals surface area contributed by atoms with Crippen molar-refractivity contribution >= 4 is 21.6 Å². The van der Waals surface area contributed by atoms with Crippen LogP contribution in [0.3, 0.4) is 0 Å². The van der Waals surface area contributed by atoms with Crippen LogP contribution in [0.4, 0.5) is 10.1 Å². The molecule has 1 atom stereocenters. The molecule has 0 radical (unpaired) electrons. The van der Waals surface area contributed by atoms with Crippen LogP contribution in [-0.4, -0.2) is 26.4 Å². The largest absolute Gasteiger partial charge is 0.489 e. The molecular formula is C18H19BrFNO2. The first-order valence-corrected chi connectivity index (χ1v) is 8.31. The third-order valence-electron chi connectivity index (χ3n) is 4.05. The zero-order chi connectivity index (χ0) is 16.4. The number of fused-ring (bicyclic) bond motifs is 1. The van der Waals surface area contributed by atoms with Crippen molar-refractivity contribution in [3.63, 3.8) is 0 Å². The van der Waals surface area contributed by atoms with Gasteiger partial charge in [0.15, 0.2) is 0 Å². The van der Waals surface area contributed by atoms with E-state index >= 15 is 0 Å². The maximum Gasteiger partial charge on any atom is 0.143 e. The van der Waals surface area contributed by atoms with Crippen LogP contribution in [0.2, 0.25) is 0 Å². The Labute approximate surface area is 144 Å². The number of hydrogen-bond donors (Lipinski definition) is 0. The number of halogens is 2. The van der Waals surface area contributed by atoms with E-state index in [1.165, 1.54) is 12.1 Å². The summed E-state index contributed by atoms with van der Waals surface area (Å²) in [5.74, 6) is 0.618. The van der Waals surface area contributed by atoms with E-state index in [2.05, 4.69) is 33.8 Å². The van der Waals surface area contributed by atoms with Gasteiger partial charge in [0, 0.05) is 24.7 Å². The van der Waals surface area contributed by atoms with Crippen LogP contribution in [-0.2, 0) is 11.3 Å². The average molecular weight is 380 g/mol. The molecule has 0 saturated carbocycles. The Morgan fingerprint density at radius 3 is 2.74 bits per heavy atom. The number of methoxy groups -OCH3 is 1. The zero-order valence-electron chi connectivity index (χ0n) is 13.2. The van der Waals surface area contributed by atoms with E-state index in [1.807, 2.05) is 18.2 Å². The second kappa shape index (κ2) is 6.89. The molecule has 0 amide bonds. The molecule has 5 heteroatoms. The Kier molecular flexibility index (Phi) is 4.87. The SMILES string of the molecule is COC1COc2cc(Br)c(C)cc2N(Cc2ccc(F)cc2)C1. The summed E-state index contributed by atoms with van der Waals surface area (Å²) in [6.07, 6.45) is -0.0121. The standard InChI is InChI=1S/C18H19BrFNO2/c1-12-7-17-18(8-16(12)19)23-11-15(22-2)10-21(17)9-13-3-5-14(20)6-4-13/h3-8,15H,9-11H2,1-2H3. The highest BCUT2D eigenvalue weighted by molar-refractivity contribution is 9.10. The van der Waals surface area contributed by atoms with Crippen LogP contribution in [0, 0.1) is 12.7 Å². The van der Waals surface area contributed by atoms with E-state index in [1.54, 1.807) is 7.11 Å². The lowest BCUT2D eigenvalue weighted by Gasteiger charge is -2.26. The van der Waals surface area contributed by atoms with E-state index in [0.717, 1.165) is 33.6 Å². The summed E-state index contributed by atoms with van der Waals surface area (Å²) in [6, 6.07) is 10.7. The van der Waals surface area contributed by atoms with E-state index in [9.17, 15) is 4.39 Å². The van der Waals surface area contributed by atoms with Gasteiger partial charge in [-0.2, -0.15) is 0 Å². The summed E-state index contributed by atoms with van der Waals surface area (Å²) in [5, 5.41) is 0. The highest BCUT2D eigenvalue weighted by atomic mass is 79.9. The Morgan fingerprint density at radius 1 is 1.30 bits per heavy atom. The molecule has 0 aromatic heterocycles. The van der Waals surface area contributed by atoms with Gasteiger partial charge >= 0.3 is 0 Å². The summed E-state index contributed by atoms with van der Waals surface area (Å²) >= 11 is 3.56. The van der Waals surface area contributed by atoms with Crippen molar-refractivity contribution in [1.29, 1.82) is 0 Å². The van der Waals surface area contributed by atoms with Gasteiger partial charge in [0.25, 0.3) is 0 Å². The molecule has 1 aliphatic heterocycles. The second-order valence-corrected chi connectivity index (χ2v) is 6.60. The molecule has 0 fully saturated rings. The smallest absolute Gasteiger partial charge is 0.143 e. The molecule has 1 unspecified atom stereocenters. The predicted octanol–water partition coefficient (Wildman–Crippen LogP) is 4.31. The Bertz CT molecular complexity index is 690. The Balaban J connectivity index is 1.95. The summed E-state index contributed by atoms with van der Waals surface area (Å²) < 4.78 is 25.6. The number of benzene rings is 2. The van der Waals surface area contributed by atoms with Crippen LogP contribution >= 0.6 is 15.9 Å². The first-order valence-electron chi connectivity index (χ1n) is 7.52. The van der Waals surface area contributed by atoms with E-state index in [4.69, 9.17) is 9.47 Å². The summed E-state index contributed by atoms with van der Waals surface area (Å²) in [5.41, 5.74) is 3.23. The maximum absolute atomic E-state index is 13.1. The van der Waals surface area contributed by atoms with Gasteiger partial charge in [-0.05, 0) is 42.3 Å². The van der Waals surface area contributed by atoms with Crippen LogP contribution in [0.15, 0.2) is 40.9 Å². The normalized spacial score (nSPS) is 17.4. The summed E-state index contributed by atoms with van der Waals surface area (Å²) in [6.45, 7) is 3.97. The lowest BCUT2D eigenvalue weighted by Crippen LogP contribution is -2.34. The lowest BCUT2D eigenvalue weighted by atomic mass is 10.1. The fraction of sp³-hybridized carbons (Fsp3) is 0.333. The van der Waals surface area contributed by atoms with Gasteiger partial charge in [-0.3, -0.25) is 0 Å². The molecule has 3 rings (SSSR count). The molecular weight excluding hydrogens is 361 g/mol. The minimum Gasteiger partial charge on any atom is -0.489 e. The molecule has 2 aromatic carbocycles. The second-order valence-electron chi connectivity index (χ2n) is 5.74. The fourth-order valence-electron chi connectivity index (χ4n) is 2.69. The summed E-state index contributed by atoms with van der Waals surface area (Å²) in [4.78, 5) is 2.23. The van der Waals surface area contributed by atoms with Gasteiger partial charge in [-0.15, -0.1) is 0 Å². The van der Waals surface area contributed by atoms with Crippen molar-refractivity contribution in [3.05, 3.63) is 57.8 Å². The molecule has 2 aromatic rings. The molecule has 0 spiro atoms. The quantitative estimate of drug-likeness (QED) is 0.792. The third kappa shape index (κ3) is 3.67.